The number of benzene rings is 2. The van der Waals surface area contributed by atoms with E-state index in [0.717, 1.165) is 20.5 Å². The molecule has 2 aromatic carbocycles. The van der Waals surface area contributed by atoms with Crippen LogP contribution in [0.2, 0.25) is 5.02 Å². The van der Waals surface area contributed by atoms with Crippen LogP contribution in [0.4, 0.5) is 0 Å². The van der Waals surface area contributed by atoms with Gasteiger partial charge in [-0.1, -0.05) is 41.9 Å². The van der Waals surface area contributed by atoms with E-state index in [0.29, 0.717) is 10.6 Å². The van der Waals surface area contributed by atoms with Crippen LogP contribution in [-0.2, 0) is 0 Å². The number of carboxylic acid groups (broad SMARTS) is 1. The molecule has 19 heavy (non-hydrogen) atoms. The number of carbonyl (C=O) groups is 1. The van der Waals surface area contributed by atoms with E-state index in [1.54, 1.807) is 12.1 Å². The number of rotatable bonds is 2. The lowest BCUT2D eigenvalue weighted by Crippen LogP contribution is -1.96. The zero-order chi connectivity index (χ0) is 13.4. The molecule has 0 aliphatic rings. The van der Waals surface area contributed by atoms with Crippen LogP contribution in [0.25, 0.3) is 20.5 Å². The lowest BCUT2D eigenvalue weighted by Gasteiger charge is -2.01. The Hall–Kier alpha value is -1.84. The van der Waals surface area contributed by atoms with Gasteiger partial charge in [0.05, 0.1) is 10.4 Å². The first-order valence-corrected chi connectivity index (χ1v) is 6.87. The SMILES string of the molecule is O=C(O)c1c(-c2cccc(Cl)c2)sc2ccccc12. The molecule has 2 nitrogen and oxygen atoms in total. The molecule has 94 valence electrons. The maximum atomic E-state index is 11.5. The molecule has 1 N–H and O–H groups in total. The van der Waals surface area contributed by atoms with Gasteiger partial charge in [-0.3, -0.25) is 0 Å². The Kier molecular flexibility index (Phi) is 3.01. The van der Waals surface area contributed by atoms with Gasteiger partial charge in [-0.15, -0.1) is 11.3 Å². The molecule has 0 unspecified atom stereocenters. The standard InChI is InChI=1S/C15H9ClO2S/c16-10-5-3-4-9(8-10)14-13(15(17)18)11-6-1-2-7-12(11)19-14/h1-8H,(H,17,18). The smallest absolute Gasteiger partial charge is 0.337 e. The van der Waals surface area contributed by atoms with Crippen molar-refractivity contribution >= 4 is 39.0 Å². The van der Waals surface area contributed by atoms with Crippen LogP contribution in [0, 0.1) is 0 Å². The van der Waals surface area contributed by atoms with E-state index in [1.807, 2.05) is 36.4 Å². The minimum absolute atomic E-state index is 0.350. The Morgan fingerprint density at radius 1 is 1.11 bits per heavy atom. The van der Waals surface area contributed by atoms with Crippen LogP contribution in [0.3, 0.4) is 0 Å². The molecule has 0 aliphatic heterocycles. The van der Waals surface area contributed by atoms with Gasteiger partial charge < -0.3 is 5.11 Å². The number of hydrogen-bond acceptors (Lipinski definition) is 2. The summed E-state index contributed by atoms with van der Waals surface area (Å²) in [5, 5.41) is 10.8. The zero-order valence-electron chi connectivity index (χ0n) is 9.76. The van der Waals surface area contributed by atoms with Crippen LogP contribution >= 0.6 is 22.9 Å². The molecular weight excluding hydrogens is 280 g/mol. The van der Waals surface area contributed by atoms with Crippen LogP contribution in [0.15, 0.2) is 48.5 Å². The van der Waals surface area contributed by atoms with Gasteiger partial charge >= 0.3 is 5.97 Å². The normalized spacial score (nSPS) is 10.8. The Bertz CT molecular complexity index is 777. The highest BCUT2D eigenvalue weighted by atomic mass is 35.5. The molecule has 0 spiro atoms. The summed E-state index contributed by atoms with van der Waals surface area (Å²) in [5.41, 5.74) is 1.19. The Balaban J connectivity index is 2.34. The maximum Gasteiger partial charge on any atom is 0.337 e. The Morgan fingerprint density at radius 3 is 2.63 bits per heavy atom. The molecule has 3 aromatic rings. The first kappa shape index (κ1) is 12.2. The predicted octanol–water partition coefficient (Wildman–Crippen LogP) is 4.92. The topological polar surface area (TPSA) is 37.3 Å². The van der Waals surface area contributed by atoms with Crippen LogP contribution in [0.1, 0.15) is 10.4 Å². The zero-order valence-corrected chi connectivity index (χ0v) is 11.3. The van der Waals surface area contributed by atoms with Crippen molar-refractivity contribution in [3.05, 3.63) is 59.1 Å². The van der Waals surface area contributed by atoms with Crippen molar-refractivity contribution in [2.24, 2.45) is 0 Å². The van der Waals surface area contributed by atoms with Crippen molar-refractivity contribution in [3.8, 4) is 10.4 Å². The molecule has 0 amide bonds. The summed E-state index contributed by atoms with van der Waals surface area (Å²) in [4.78, 5) is 12.3. The summed E-state index contributed by atoms with van der Waals surface area (Å²) >= 11 is 7.46. The summed E-state index contributed by atoms with van der Waals surface area (Å²) < 4.78 is 0.967. The third-order valence-corrected chi connectivity index (χ3v) is 4.35. The first-order chi connectivity index (χ1) is 9.16. The Labute approximate surface area is 118 Å². The molecule has 0 saturated carbocycles. The van der Waals surface area contributed by atoms with E-state index in [9.17, 15) is 9.90 Å². The van der Waals surface area contributed by atoms with Crippen molar-refractivity contribution in [2.75, 3.05) is 0 Å². The van der Waals surface area contributed by atoms with Crippen LogP contribution in [-0.4, -0.2) is 11.1 Å². The fourth-order valence-corrected chi connectivity index (χ4v) is 3.47. The average Bonchev–Trinajstić information content (AvgIpc) is 2.78. The van der Waals surface area contributed by atoms with E-state index in [-0.39, 0.29) is 0 Å². The second-order valence-corrected chi connectivity index (χ2v) is 5.61. The number of hydrogen-bond donors (Lipinski definition) is 1. The van der Waals surface area contributed by atoms with Crippen molar-refractivity contribution in [2.45, 2.75) is 0 Å². The van der Waals surface area contributed by atoms with Gasteiger partial charge in [0.15, 0.2) is 0 Å². The minimum Gasteiger partial charge on any atom is -0.478 e. The third kappa shape index (κ3) is 2.11. The van der Waals surface area contributed by atoms with Crippen molar-refractivity contribution < 1.29 is 9.90 Å². The minimum atomic E-state index is -0.910. The molecule has 1 aromatic heterocycles. The number of halogens is 1. The van der Waals surface area contributed by atoms with E-state index in [4.69, 9.17) is 11.6 Å². The van der Waals surface area contributed by atoms with Gasteiger partial charge in [0.1, 0.15) is 0 Å². The van der Waals surface area contributed by atoms with E-state index < -0.39 is 5.97 Å². The number of thiophene rings is 1. The largest absolute Gasteiger partial charge is 0.478 e. The predicted molar refractivity (Wildman–Crippen MR) is 79.2 cm³/mol. The lowest BCUT2D eigenvalue weighted by atomic mass is 10.1. The molecular formula is C15H9ClO2S. The molecule has 1 heterocycles. The van der Waals surface area contributed by atoms with Gasteiger partial charge in [0.25, 0.3) is 0 Å². The molecule has 0 radical (unpaired) electrons. The molecule has 0 saturated heterocycles. The molecule has 0 aliphatic carbocycles. The highest BCUT2D eigenvalue weighted by molar-refractivity contribution is 7.22. The Morgan fingerprint density at radius 2 is 1.89 bits per heavy atom. The van der Waals surface area contributed by atoms with Gasteiger partial charge in [-0.25, -0.2) is 4.79 Å². The van der Waals surface area contributed by atoms with Gasteiger partial charge in [0, 0.05) is 15.1 Å². The van der Waals surface area contributed by atoms with Gasteiger partial charge in [-0.05, 0) is 23.8 Å². The average molecular weight is 289 g/mol. The first-order valence-electron chi connectivity index (χ1n) is 5.67. The van der Waals surface area contributed by atoms with Gasteiger partial charge in [-0.2, -0.15) is 0 Å². The molecule has 0 atom stereocenters. The molecule has 3 rings (SSSR count). The van der Waals surface area contributed by atoms with Gasteiger partial charge in [0.2, 0.25) is 0 Å². The summed E-state index contributed by atoms with van der Waals surface area (Å²) in [5.74, 6) is -0.910. The number of fused-ring (bicyclic) bond motifs is 1. The summed E-state index contributed by atoms with van der Waals surface area (Å²) in [6.45, 7) is 0. The second-order valence-electron chi connectivity index (χ2n) is 4.12. The lowest BCUT2D eigenvalue weighted by molar-refractivity contribution is 0.0700. The van der Waals surface area contributed by atoms with Crippen LogP contribution < -0.4 is 0 Å². The third-order valence-electron chi connectivity index (χ3n) is 2.90. The monoisotopic (exact) mass is 288 g/mol. The van der Waals surface area contributed by atoms with Crippen molar-refractivity contribution in [1.82, 2.24) is 0 Å². The highest BCUT2D eigenvalue weighted by Gasteiger charge is 2.19. The summed E-state index contributed by atoms with van der Waals surface area (Å²) in [6, 6.07) is 14.8. The summed E-state index contributed by atoms with van der Waals surface area (Å²) in [6.07, 6.45) is 0. The maximum absolute atomic E-state index is 11.5. The highest BCUT2D eigenvalue weighted by Crippen LogP contribution is 2.39. The number of carboxylic acids is 1. The fourth-order valence-electron chi connectivity index (χ4n) is 2.09. The fraction of sp³-hybridized carbons (Fsp3) is 0. The molecule has 4 heteroatoms. The van der Waals surface area contributed by atoms with E-state index in [1.165, 1.54) is 11.3 Å². The number of aromatic carboxylic acids is 1. The van der Waals surface area contributed by atoms with Crippen molar-refractivity contribution in [1.29, 1.82) is 0 Å². The summed E-state index contributed by atoms with van der Waals surface area (Å²) in [7, 11) is 0. The van der Waals surface area contributed by atoms with Crippen LogP contribution in [0.5, 0.6) is 0 Å². The second kappa shape index (κ2) is 4.68. The molecule has 0 fully saturated rings. The van der Waals surface area contributed by atoms with E-state index >= 15 is 0 Å². The van der Waals surface area contributed by atoms with E-state index in [2.05, 4.69) is 0 Å². The quantitative estimate of drug-likeness (QED) is 0.727. The molecule has 0 bridgehead atoms. The van der Waals surface area contributed by atoms with Crippen molar-refractivity contribution in [3.63, 3.8) is 0 Å².